The summed E-state index contributed by atoms with van der Waals surface area (Å²) in [5, 5.41) is 8.60. The van der Waals surface area contributed by atoms with E-state index in [-0.39, 0.29) is 5.75 Å². The zero-order valence-corrected chi connectivity index (χ0v) is 27.9. The van der Waals surface area contributed by atoms with Crippen molar-refractivity contribution in [2.24, 2.45) is 0 Å². The SMILES string of the molecule is COC(=O)c1cccc2sc(-c3cccc(C(F)(F)F)c3)nc12.COC(=O)c1cccc2sc(Cl)nc12.O[B]Oc1cccc(C(F)(F)F)c1. The number of carbonyl (C=O) groups excluding carboxylic acids is 2. The number of halogens is 7. The van der Waals surface area contributed by atoms with E-state index in [1.54, 1.807) is 36.4 Å². The molecule has 18 heteroatoms. The number of carbonyl (C=O) groups is 2. The van der Waals surface area contributed by atoms with Crippen LogP contribution in [0.3, 0.4) is 0 Å². The fourth-order valence-electron chi connectivity index (χ4n) is 4.18. The number of hydrogen-bond acceptors (Lipinski definition) is 10. The summed E-state index contributed by atoms with van der Waals surface area (Å²) in [4.78, 5) is 31.5. The third-order valence-electron chi connectivity index (χ3n) is 6.41. The van der Waals surface area contributed by atoms with Crippen LogP contribution in [-0.2, 0) is 21.8 Å². The maximum absolute atomic E-state index is 12.8. The summed E-state index contributed by atoms with van der Waals surface area (Å²) in [6.45, 7) is 0. The molecule has 1 N–H and O–H groups in total. The zero-order chi connectivity index (χ0) is 36.6. The van der Waals surface area contributed by atoms with Crippen molar-refractivity contribution in [3.8, 4) is 16.3 Å². The van der Waals surface area contributed by atoms with Gasteiger partial charge in [-0.05, 0) is 54.6 Å². The van der Waals surface area contributed by atoms with Gasteiger partial charge in [0, 0.05) is 5.56 Å². The molecular weight excluding hydrogens is 733 g/mol. The lowest BCUT2D eigenvalue weighted by Crippen LogP contribution is -2.06. The number of alkyl halides is 6. The van der Waals surface area contributed by atoms with Gasteiger partial charge in [0.25, 0.3) is 0 Å². The highest BCUT2D eigenvalue weighted by molar-refractivity contribution is 7.22. The lowest BCUT2D eigenvalue weighted by atomic mass is 10.1. The molecule has 50 heavy (non-hydrogen) atoms. The van der Waals surface area contributed by atoms with Crippen LogP contribution in [0.5, 0.6) is 5.75 Å². The number of aromatic nitrogens is 2. The van der Waals surface area contributed by atoms with Crippen LogP contribution in [0.1, 0.15) is 31.8 Å². The summed E-state index contributed by atoms with van der Waals surface area (Å²) in [5.41, 5.74) is 0.588. The first kappa shape index (κ1) is 38.1. The van der Waals surface area contributed by atoms with Crippen LogP contribution >= 0.6 is 34.3 Å². The molecule has 0 atom stereocenters. The monoisotopic (exact) mass is 753 g/mol. The second-order valence-electron chi connectivity index (χ2n) is 9.60. The van der Waals surface area contributed by atoms with Crippen molar-refractivity contribution >= 4 is 74.3 Å². The number of para-hydroxylation sites is 2. The third kappa shape index (κ3) is 9.50. The normalized spacial score (nSPS) is 11.2. The topological polar surface area (TPSA) is 108 Å². The predicted octanol–water partition coefficient (Wildman–Crippen LogP) is 9.12. The van der Waals surface area contributed by atoms with Gasteiger partial charge in [0.1, 0.15) is 10.8 Å². The Kier molecular flexibility index (Phi) is 12.4. The molecule has 0 amide bonds. The Balaban J connectivity index is 0.000000180. The van der Waals surface area contributed by atoms with E-state index < -0.39 is 35.4 Å². The molecule has 8 nitrogen and oxygen atoms in total. The number of methoxy groups -OCH3 is 2. The fraction of sp³-hybridized carbons (Fsp3) is 0.125. The van der Waals surface area contributed by atoms with Gasteiger partial charge in [-0.2, -0.15) is 26.3 Å². The van der Waals surface area contributed by atoms with Gasteiger partial charge in [-0.25, -0.2) is 19.6 Å². The largest absolute Gasteiger partial charge is 0.569 e. The first-order chi connectivity index (χ1) is 23.7. The van der Waals surface area contributed by atoms with Gasteiger partial charge in [-0.3, -0.25) is 0 Å². The highest BCUT2D eigenvalue weighted by Gasteiger charge is 2.31. The molecule has 0 fully saturated rings. The first-order valence-corrected chi connectivity index (χ1v) is 15.8. The molecule has 259 valence electrons. The van der Waals surface area contributed by atoms with Gasteiger partial charge in [-0.15, -0.1) is 22.7 Å². The molecule has 0 unspecified atom stereocenters. The van der Waals surface area contributed by atoms with Crippen molar-refractivity contribution in [3.05, 3.63) is 112 Å². The Hall–Kier alpha value is -4.71. The predicted molar refractivity (Wildman–Crippen MR) is 177 cm³/mol. The molecule has 0 spiro atoms. The number of benzene rings is 4. The molecule has 0 saturated carbocycles. The molecule has 0 bridgehead atoms. The molecule has 6 aromatic rings. The van der Waals surface area contributed by atoms with E-state index in [1.165, 1.54) is 55.1 Å². The van der Waals surface area contributed by atoms with Gasteiger partial charge < -0.3 is 19.2 Å². The summed E-state index contributed by atoms with van der Waals surface area (Å²) in [7, 11) is 2.94. The van der Waals surface area contributed by atoms with Gasteiger partial charge >= 0.3 is 32.0 Å². The first-order valence-electron chi connectivity index (χ1n) is 13.7. The van der Waals surface area contributed by atoms with Crippen molar-refractivity contribution < 1.29 is 55.1 Å². The van der Waals surface area contributed by atoms with Crippen LogP contribution in [0.15, 0.2) is 84.9 Å². The Labute approximate surface area is 293 Å². The van der Waals surface area contributed by atoms with Crippen molar-refractivity contribution in [1.82, 2.24) is 9.97 Å². The Bertz CT molecular complexity index is 2120. The number of nitrogens with zero attached hydrogens (tertiary/aromatic N) is 2. The maximum Gasteiger partial charge on any atom is 0.569 e. The van der Waals surface area contributed by atoms with Gasteiger partial charge in [0.05, 0.1) is 56.9 Å². The van der Waals surface area contributed by atoms with Gasteiger partial charge in [0.2, 0.25) is 0 Å². The van der Waals surface area contributed by atoms with Crippen molar-refractivity contribution in [2.45, 2.75) is 12.4 Å². The van der Waals surface area contributed by atoms with E-state index in [4.69, 9.17) is 21.4 Å². The lowest BCUT2D eigenvalue weighted by Gasteiger charge is -2.08. The van der Waals surface area contributed by atoms with E-state index in [2.05, 4.69) is 19.4 Å². The van der Waals surface area contributed by atoms with Crippen LogP contribution < -0.4 is 4.65 Å². The lowest BCUT2D eigenvalue weighted by molar-refractivity contribution is -0.138. The van der Waals surface area contributed by atoms with Crippen LogP contribution in [0, 0.1) is 0 Å². The second-order valence-corrected chi connectivity index (χ2v) is 12.2. The minimum Gasteiger partial charge on any atom is -0.537 e. The number of thiazole rings is 2. The molecule has 1 radical (unpaired) electrons. The molecule has 0 aliphatic heterocycles. The summed E-state index contributed by atoms with van der Waals surface area (Å²) in [5.74, 6) is -0.980. The average molecular weight is 754 g/mol. The van der Waals surface area contributed by atoms with E-state index in [1.807, 2.05) is 6.07 Å². The van der Waals surface area contributed by atoms with E-state index >= 15 is 0 Å². The number of rotatable bonds is 5. The molecule has 0 saturated heterocycles. The molecule has 4 aromatic carbocycles. The smallest absolute Gasteiger partial charge is 0.537 e. The van der Waals surface area contributed by atoms with Crippen LogP contribution in [-0.4, -0.2) is 48.8 Å². The van der Waals surface area contributed by atoms with E-state index in [0.29, 0.717) is 49.6 Å². The van der Waals surface area contributed by atoms with Crippen LogP contribution in [0.4, 0.5) is 26.3 Å². The summed E-state index contributed by atoms with van der Waals surface area (Å²) < 4.78 is 90.4. The molecule has 0 aliphatic rings. The van der Waals surface area contributed by atoms with Crippen LogP contribution in [0.2, 0.25) is 4.47 Å². The Morgan fingerprint density at radius 1 is 0.720 bits per heavy atom. The fourth-order valence-corrected chi connectivity index (χ4v) is 6.22. The quantitative estimate of drug-likeness (QED) is 0.106. The third-order valence-corrected chi connectivity index (χ3v) is 8.60. The number of fused-ring (bicyclic) bond motifs is 2. The van der Waals surface area contributed by atoms with Gasteiger partial charge in [-0.1, -0.05) is 41.9 Å². The second kappa shape index (κ2) is 16.3. The number of ether oxygens (including phenoxy) is 2. The summed E-state index contributed by atoms with van der Waals surface area (Å²) >= 11 is 8.32. The number of esters is 2. The molecule has 0 aliphatic carbocycles. The maximum atomic E-state index is 12.8. The van der Waals surface area contributed by atoms with E-state index in [9.17, 15) is 35.9 Å². The molecular formula is C32H21BClF6N2O6S2. The van der Waals surface area contributed by atoms with Crippen molar-refractivity contribution in [2.75, 3.05) is 14.2 Å². The van der Waals surface area contributed by atoms with Crippen molar-refractivity contribution in [3.63, 3.8) is 0 Å². The number of hydrogen-bond donors (Lipinski definition) is 1. The van der Waals surface area contributed by atoms with Gasteiger partial charge in [0.15, 0.2) is 4.47 Å². The Morgan fingerprint density at radius 3 is 1.76 bits per heavy atom. The Morgan fingerprint density at radius 2 is 1.22 bits per heavy atom. The minimum absolute atomic E-state index is 0.0580. The molecule has 2 aromatic heterocycles. The summed E-state index contributed by atoms with van der Waals surface area (Å²) in [6, 6.07) is 19.5. The molecule has 2 heterocycles. The minimum atomic E-state index is -4.41. The average Bonchev–Trinajstić information content (AvgIpc) is 3.71. The van der Waals surface area contributed by atoms with E-state index in [0.717, 1.165) is 29.0 Å². The zero-order valence-electron chi connectivity index (χ0n) is 25.5. The highest BCUT2D eigenvalue weighted by atomic mass is 35.5. The van der Waals surface area contributed by atoms with Crippen LogP contribution in [0.25, 0.3) is 31.0 Å². The molecule has 6 rings (SSSR count). The highest BCUT2D eigenvalue weighted by Crippen LogP contribution is 2.36. The van der Waals surface area contributed by atoms with Crippen molar-refractivity contribution in [1.29, 1.82) is 0 Å². The summed E-state index contributed by atoms with van der Waals surface area (Å²) in [6.07, 6.45) is -8.81. The standard InChI is InChI=1S/C16H10F3NO2S.C9H6ClNO2S.C7H5BF3O2/c1-22-15(21)11-6-3-7-12-13(11)20-14(23-12)9-4-2-5-10(8-9)16(17,18)19;1-13-8(12)5-3-2-4-6-7(5)11-9(10)14-6;9-7(10,11)5-2-1-3-6(4-5)13-8-12/h2-8H,1H3;2-4H,1H3;1-4,12H.